The summed E-state index contributed by atoms with van der Waals surface area (Å²) in [5, 5.41) is 0. The first kappa shape index (κ1) is 17.2. The van der Waals surface area contributed by atoms with Crippen LogP contribution in [-0.4, -0.2) is 35.3 Å². The molecule has 124 valence electrons. The zero-order valence-electron chi connectivity index (χ0n) is 13.7. The molecule has 2 atom stereocenters. The van der Waals surface area contributed by atoms with Gasteiger partial charge in [-0.2, -0.15) is 0 Å². The number of amides is 2. The number of ketones is 1. The second-order valence-electron chi connectivity index (χ2n) is 5.79. The van der Waals surface area contributed by atoms with Gasteiger partial charge in [0.05, 0.1) is 12.0 Å². The quantitative estimate of drug-likeness (QED) is 0.725. The van der Waals surface area contributed by atoms with Gasteiger partial charge >= 0.3 is 6.09 Å². The second-order valence-corrected chi connectivity index (χ2v) is 5.79. The maximum atomic E-state index is 12.8. The van der Waals surface area contributed by atoms with Crippen LogP contribution >= 0.6 is 0 Å². The summed E-state index contributed by atoms with van der Waals surface area (Å²) in [6.07, 6.45) is 1.38. The third kappa shape index (κ3) is 3.97. The molecular weight excluding hydrogens is 294 g/mol. The van der Waals surface area contributed by atoms with Crippen LogP contribution in [0.15, 0.2) is 30.3 Å². The molecule has 1 fully saturated rings. The van der Waals surface area contributed by atoms with Crippen LogP contribution in [0.1, 0.15) is 38.7 Å². The topological polar surface area (TPSA) is 63.7 Å². The summed E-state index contributed by atoms with van der Waals surface area (Å²) in [6, 6.07) is 9.30. The first-order valence-electron chi connectivity index (χ1n) is 8.14. The highest BCUT2D eigenvalue weighted by Gasteiger charge is 2.42. The Bertz CT molecular complexity index is 570. The third-order valence-corrected chi connectivity index (χ3v) is 4.13. The van der Waals surface area contributed by atoms with Gasteiger partial charge in [0.1, 0.15) is 12.4 Å². The van der Waals surface area contributed by atoms with Crippen molar-refractivity contribution in [2.45, 2.75) is 45.6 Å². The highest BCUT2D eigenvalue weighted by Crippen LogP contribution is 2.23. The normalized spacial score (nSPS) is 18.6. The van der Waals surface area contributed by atoms with Crippen molar-refractivity contribution in [2.75, 3.05) is 6.61 Å². The van der Waals surface area contributed by atoms with Gasteiger partial charge in [-0.1, -0.05) is 50.6 Å². The molecule has 2 amide bonds. The lowest BCUT2D eigenvalue weighted by molar-refractivity contribution is -0.139. The minimum absolute atomic E-state index is 0.116. The van der Waals surface area contributed by atoms with E-state index in [4.69, 9.17) is 4.74 Å². The molecular formula is C18H23NO4. The summed E-state index contributed by atoms with van der Waals surface area (Å²) in [5.74, 6) is -1.27. The monoisotopic (exact) mass is 317 g/mol. The van der Waals surface area contributed by atoms with Crippen molar-refractivity contribution in [3.63, 3.8) is 0 Å². The molecule has 2 rings (SSSR count). The van der Waals surface area contributed by atoms with Gasteiger partial charge in [0, 0.05) is 6.42 Å². The lowest BCUT2D eigenvalue weighted by Gasteiger charge is -2.24. The van der Waals surface area contributed by atoms with Crippen molar-refractivity contribution >= 4 is 17.8 Å². The van der Waals surface area contributed by atoms with Crippen LogP contribution in [0.4, 0.5) is 4.79 Å². The van der Waals surface area contributed by atoms with Crippen LogP contribution in [0.2, 0.25) is 0 Å². The number of rotatable bonds is 7. The van der Waals surface area contributed by atoms with Gasteiger partial charge in [0.2, 0.25) is 5.91 Å². The SMILES string of the molecule is CCC[C@@H](C(=O)CC)C(=O)N1C(=O)OC[C@@H]1Cc1ccccc1. The minimum atomic E-state index is -0.742. The summed E-state index contributed by atoms with van der Waals surface area (Å²) in [7, 11) is 0. The van der Waals surface area contributed by atoms with Gasteiger partial charge in [-0.3, -0.25) is 9.59 Å². The summed E-state index contributed by atoms with van der Waals surface area (Å²) in [5.41, 5.74) is 1.03. The molecule has 1 aromatic carbocycles. The van der Waals surface area contributed by atoms with Gasteiger partial charge in [-0.25, -0.2) is 9.69 Å². The molecule has 0 aliphatic carbocycles. The standard InChI is InChI=1S/C18H23NO4/c1-3-8-15(16(20)4-2)17(21)19-14(12-23-18(19)22)11-13-9-6-5-7-10-13/h5-7,9-10,14-15H,3-4,8,11-12H2,1-2H3/t14-,15-/m0/s1. The van der Waals surface area contributed by atoms with Crippen molar-refractivity contribution in [2.24, 2.45) is 5.92 Å². The van der Waals surface area contributed by atoms with E-state index in [1.165, 1.54) is 0 Å². The zero-order chi connectivity index (χ0) is 16.8. The Kier molecular flexibility index (Phi) is 5.90. The fourth-order valence-electron chi connectivity index (χ4n) is 2.89. The Morgan fingerprint density at radius 3 is 2.57 bits per heavy atom. The van der Waals surface area contributed by atoms with Crippen molar-refractivity contribution in [3.05, 3.63) is 35.9 Å². The maximum Gasteiger partial charge on any atom is 0.417 e. The van der Waals surface area contributed by atoms with Gasteiger partial charge in [-0.15, -0.1) is 0 Å². The Morgan fingerprint density at radius 2 is 1.96 bits per heavy atom. The fraction of sp³-hybridized carbons (Fsp3) is 0.500. The van der Waals surface area contributed by atoms with E-state index in [0.717, 1.165) is 10.5 Å². The maximum absolute atomic E-state index is 12.8. The van der Waals surface area contributed by atoms with E-state index in [9.17, 15) is 14.4 Å². The second kappa shape index (κ2) is 7.90. The van der Waals surface area contributed by atoms with Crippen molar-refractivity contribution in [3.8, 4) is 0 Å². The number of carbonyl (C=O) groups excluding carboxylic acids is 3. The molecule has 23 heavy (non-hydrogen) atoms. The predicted molar refractivity (Wildman–Crippen MR) is 85.8 cm³/mol. The van der Waals surface area contributed by atoms with Crippen LogP contribution in [0.25, 0.3) is 0 Å². The average Bonchev–Trinajstić information content (AvgIpc) is 2.92. The molecule has 1 saturated heterocycles. The predicted octanol–water partition coefficient (Wildman–Crippen LogP) is 2.97. The number of Topliss-reactive ketones (excluding diaryl/α,β-unsaturated/α-hetero) is 1. The van der Waals surface area contributed by atoms with Crippen LogP contribution < -0.4 is 0 Å². The van der Waals surface area contributed by atoms with E-state index >= 15 is 0 Å². The molecule has 5 heteroatoms. The number of hydrogen-bond acceptors (Lipinski definition) is 4. The summed E-state index contributed by atoms with van der Waals surface area (Å²) in [4.78, 5) is 38.0. The lowest BCUT2D eigenvalue weighted by Crippen LogP contribution is -2.45. The Morgan fingerprint density at radius 1 is 1.26 bits per heavy atom. The Hall–Kier alpha value is -2.17. The number of hydrogen-bond donors (Lipinski definition) is 0. The number of imide groups is 1. The van der Waals surface area contributed by atoms with Crippen LogP contribution in [-0.2, 0) is 20.7 Å². The number of benzene rings is 1. The van der Waals surface area contributed by atoms with E-state index < -0.39 is 17.9 Å². The van der Waals surface area contributed by atoms with Crippen molar-refractivity contribution < 1.29 is 19.1 Å². The molecule has 1 aliphatic heterocycles. The van der Waals surface area contributed by atoms with Crippen LogP contribution in [0.5, 0.6) is 0 Å². The fourth-order valence-corrected chi connectivity index (χ4v) is 2.89. The average molecular weight is 317 g/mol. The number of cyclic esters (lactones) is 1. The van der Waals surface area contributed by atoms with E-state index in [0.29, 0.717) is 25.7 Å². The molecule has 0 radical (unpaired) electrons. The van der Waals surface area contributed by atoms with E-state index in [2.05, 4.69) is 0 Å². The molecule has 0 N–H and O–H groups in total. The van der Waals surface area contributed by atoms with Gasteiger partial charge in [-0.05, 0) is 18.4 Å². The molecule has 1 aliphatic rings. The van der Waals surface area contributed by atoms with Gasteiger partial charge in [0.25, 0.3) is 0 Å². The molecule has 0 spiro atoms. The number of carbonyl (C=O) groups is 3. The molecule has 0 bridgehead atoms. The molecule has 0 saturated carbocycles. The third-order valence-electron chi connectivity index (χ3n) is 4.13. The summed E-state index contributed by atoms with van der Waals surface area (Å²) < 4.78 is 5.07. The summed E-state index contributed by atoms with van der Waals surface area (Å²) >= 11 is 0. The Labute approximate surface area is 136 Å². The lowest BCUT2D eigenvalue weighted by atomic mass is 9.94. The van der Waals surface area contributed by atoms with Crippen LogP contribution in [0.3, 0.4) is 0 Å². The van der Waals surface area contributed by atoms with Crippen molar-refractivity contribution in [1.29, 1.82) is 0 Å². The molecule has 1 aromatic rings. The van der Waals surface area contributed by atoms with E-state index in [1.807, 2.05) is 37.3 Å². The van der Waals surface area contributed by atoms with Gasteiger partial charge in [0.15, 0.2) is 0 Å². The van der Waals surface area contributed by atoms with Crippen molar-refractivity contribution in [1.82, 2.24) is 4.90 Å². The summed E-state index contributed by atoms with van der Waals surface area (Å²) in [6.45, 7) is 3.84. The van der Waals surface area contributed by atoms with E-state index in [-0.39, 0.29) is 18.4 Å². The molecule has 0 aromatic heterocycles. The highest BCUT2D eigenvalue weighted by molar-refractivity contribution is 6.06. The first-order chi connectivity index (χ1) is 11.1. The molecule has 0 unspecified atom stereocenters. The number of nitrogens with zero attached hydrogens (tertiary/aromatic N) is 1. The zero-order valence-corrected chi connectivity index (χ0v) is 13.7. The van der Waals surface area contributed by atoms with E-state index in [1.54, 1.807) is 6.92 Å². The first-order valence-corrected chi connectivity index (χ1v) is 8.14. The molecule has 5 nitrogen and oxygen atoms in total. The van der Waals surface area contributed by atoms with Crippen LogP contribution in [0, 0.1) is 5.92 Å². The molecule has 1 heterocycles. The largest absolute Gasteiger partial charge is 0.447 e. The number of ether oxygens (including phenoxy) is 1. The smallest absolute Gasteiger partial charge is 0.417 e. The van der Waals surface area contributed by atoms with Gasteiger partial charge < -0.3 is 4.74 Å². The minimum Gasteiger partial charge on any atom is -0.447 e. The highest BCUT2D eigenvalue weighted by atomic mass is 16.6. The Balaban J connectivity index is 2.17.